The van der Waals surface area contributed by atoms with Crippen molar-refractivity contribution in [3.05, 3.63) is 23.3 Å². The zero-order valence-corrected chi connectivity index (χ0v) is 13.9. The normalized spacial score (nSPS) is 21.0. The van der Waals surface area contributed by atoms with Crippen molar-refractivity contribution in [2.75, 3.05) is 13.7 Å². The summed E-state index contributed by atoms with van der Waals surface area (Å²) in [5, 5.41) is 9.72. The number of hydrogen-bond acceptors (Lipinski definition) is 5. The van der Waals surface area contributed by atoms with Gasteiger partial charge in [-0.3, -0.25) is 0 Å². The van der Waals surface area contributed by atoms with E-state index in [1.807, 2.05) is 0 Å². The van der Waals surface area contributed by atoms with Gasteiger partial charge in [-0.05, 0) is 19.1 Å². The summed E-state index contributed by atoms with van der Waals surface area (Å²) in [7, 11) is -4.55. The fourth-order valence-corrected chi connectivity index (χ4v) is 3.62. The molecule has 0 aliphatic heterocycles. The molecule has 0 spiro atoms. The smallest absolute Gasteiger partial charge is 0.488 e. The molecule has 1 unspecified atom stereocenters. The molecule has 0 aromatic heterocycles. The summed E-state index contributed by atoms with van der Waals surface area (Å²) in [4.78, 5) is -1.40. The van der Waals surface area contributed by atoms with Crippen LogP contribution in [0.4, 0.5) is 22.0 Å². The van der Waals surface area contributed by atoms with E-state index in [4.69, 9.17) is 9.47 Å². The predicted molar refractivity (Wildman–Crippen MR) is 75.3 cm³/mol. The molecule has 25 heavy (non-hydrogen) atoms. The highest BCUT2D eigenvalue weighted by Crippen LogP contribution is 2.50. The highest BCUT2D eigenvalue weighted by atomic mass is 32.2. The lowest BCUT2D eigenvalue weighted by Crippen LogP contribution is -2.26. The largest absolute Gasteiger partial charge is 0.501 e. The average Bonchev–Trinajstić information content (AvgIpc) is 2.70. The molecule has 0 amide bonds. The molecule has 0 saturated carbocycles. The SMILES string of the molecule is COCC(C)Oc1ccc(S(=O)(=O)C(F)(F)F)c2c1CC(F)(F)[C@H]2O. The van der Waals surface area contributed by atoms with Gasteiger partial charge in [0.15, 0.2) is 0 Å². The molecule has 0 bridgehead atoms. The zero-order valence-electron chi connectivity index (χ0n) is 13.1. The Bertz CT molecular complexity index is 760. The second-order valence-corrected chi connectivity index (χ2v) is 7.54. The Labute approximate surface area is 140 Å². The summed E-state index contributed by atoms with van der Waals surface area (Å²) in [5.41, 5.74) is -7.14. The van der Waals surface area contributed by atoms with Gasteiger partial charge in [-0.1, -0.05) is 0 Å². The van der Waals surface area contributed by atoms with Crippen LogP contribution in [0.15, 0.2) is 17.0 Å². The van der Waals surface area contributed by atoms with Crippen LogP contribution in [0.25, 0.3) is 0 Å². The molecule has 0 radical (unpaired) electrons. The third-order valence-electron chi connectivity index (χ3n) is 3.68. The summed E-state index contributed by atoms with van der Waals surface area (Å²) >= 11 is 0. The van der Waals surface area contributed by atoms with Crippen LogP contribution in [0.3, 0.4) is 0 Å². The van der Waals surface area contributed by atoms with Crippen LogP contribution in [0.1, 0.15) is 24.2 Å². The third-order valence-corrected chi connectivity index (χ3v) is 5.23. The number of aliphatic hydroxyl groups excluding tert-OH is 1. The van der Waals surface area contributed by atoms with Crippen LogP contribution in [0, 0.1) is 0 Å². The number of benzene rings is 1. The van der Waals surface area contributed by atoms with E-state index in [2.05, 4.69) is 0 Å². The highest BCUT2D eigenvalue weighted by Gasteiger charge is 2.55. The first-order chi connectivity index (χ1) is 11.3. The minimum atomic E-state index is -5.91. The summed E-state index contributed by atoms with van der Waals surface area (Å²) in [6, 6.07) is 1.39. The Morgan fingerprint density at radius 3 is 2.48 bits per heavy atom. The summed E-state index contributed by atoms with van der Waals surface area (Å²) in [6.07, 6.45) is -4.46. The molecule has 1 aliphatic carbocycles. The number of sulfone groups is 1. The van der Waals surface area contributed by atoms with E-state index in [1.54, 1.807) is 0 Å². The molecule has 0 heterocycles. The minimum Gasteiger partial charge on any atom is -0.488 e. The van der Waals surface area contributed by atoms with Crippen molar-refractivity contribution in [3.8, 4) is 5.75 Å². The summed E-state index contributed by atoms with van der Waals surface area (Å²) in [6.45, 7) is 1.59. The number of ether oxygens (including phenoxy) is 2. The Morgan fingerprint density at radius 2 is 1.96 bits per heavy atom. The first kappa shape index (κ1) is 19.9. The molecular formula is C14H15F5O5S. The molecule has 11 heteroatoms. The third kappa shape index (κ3) is 3.44. The number of rotatable bonds is 5. The van der Waals surface area contributed by atoms with Gasteiger partial charge in [-0.15, -0.1) is 0 Å². The van der Waals surface area contributed by atoms with Gasteiger partial charge in [-0.25, -0.2) is 17.2 Å². The number of methoxy groups -OCH3 is 1. The van der Waals surface area contributed by atoms with Crippen molar-refractivity contribution in [1.29, 1.82) is 0 Å². The van der Waals surface area contributed by atoms with Crippen LogP contribution >= 0.6 is 0 Å². The molecule has 1 aromatic rings. The van der Waals surface area contributed by atoms with Gasteiger partial charge in [0, 0.05) is 24.7 Å². The Hall–Kier alpha value is -1.46. The Balaban J connectivity index is 2.63. The molecule has 2 atom stereocenters. The Kier molecular flexibility index (Phi) is 5.05. The van der Waals surface area contributed by atoms with Crippen LogP contribution in [0.5, 0.6) is 5.75 Å². The van der Waals surface area contributed by atoms with E-state index in [1.165, 1.54) is 14.0 Å². The predicted octanol–water partition coefficient (Wildman–Crippen LogP) is 2.62. The van der Waals surface area contributed by atoms with E-state index >= 15 is 0 Å². The van der Waals surface area contributed by atoms with Crippen LogP contribution in [-0.4, -0.2) is 44.8 Å². The molecule has 1 N–H and O–H groups in total. The molecule has 142 valence electrons. The van der Waals surface area contributed by atoms with Gasteiger partial charge in [0.2, 0.25) is 0 Å². The molecule has 5 nitrogen and oxygen atoms in total. The van der Waals surface area contributed by atoms with E-state index < -0.39 is 55.9 Å². The lowest BCUT2D eigenvalue weighted by molar-refractivity contribution is -0.0979. The summed E-state index contributed by atoms with van der Waals surface area (Å²) in [5.74, 6) is -4.04. The molecule has 0 fully saturated rings. The number of hydrogen-bond donors (Lipinski definition) is 1. The maximum atomic E-state index is 13.9. The van der Waals surface area contributed by atoms with Crippen molar-refractivity contribution < 1.29 is 45.0 Å². The molecule has 1 aliphatic rings. The van der Waals surface area contributed by atoms with Gasteiger partial charge in [0.05, 0.1) is 11.5 Å². The lowest BCUT2D eigenvalue weighted by atomic mass is 10.1. The number of aliphatic hydroxyl groups is 1. The summed E-state index contributed by atoms with van der Waals surface area (Å²) < 4.78 is 99.6. The van der Waals surface area contributed by atoms with Crippen LogP contribution < -0.4 is 4.74 Å². The number of alkyl halides is 5. The Morgan fingerprint density at radius 1 is 1.36 bits per heavy atom. The highest BCUT2D eigenvalue weighted by molar-refractivity contribution is 7.92. The standard InChI is InChI=1S/C14H15F5O5S/c1-7(6-23-2)24-9-3-4-10(25(21,22)14(17,18)19)11-8(9)5-13(15,16)12(11)20/h3-4,7,12,20H,5-6H2,1-2H3/t7?,12-/m0/s1. The number of halogens is 5. The van der Waals surface area contributed by atoms with Crippen molar-refractivity contribution >= 4 is 9.84 Å². The van der Waals surface area contributed by atoms with Crippen molar-refractivity contribution in [2.24, 2.45) is 0 Å². The quantitative estimate of drug-likeness (QED) is 0.783. The van der Waals surface area contributed by atoms with Gasteiger partial charge in [0.25, 0.3) is 15.8 Å². The van der Waals surface area contributed by atoms with Gasteiger partial charge in [-0.2, -0.15) is 13.2 Å². The van der Waals surface area contributed by atoms with E-state index in [0.29, 0.717) is 6.07 Å². The van der Waals surface area contributed by atoms with E-state index in [-0.39, 0.29) is 12.4 Å². The monoisotopic (exact) mass is 390 g/mol. The van der Waals surface area contributed by atoms with Gasteiger partial charge >= 0.3 is 5.51 Å². The molecular weight excluding hydrogens is 375 g/mol. The van der Waals surface area contributed by atoms with Crippen molar-refractivity contribution in [2.45, 2.75) is 41.9 Å². The van der Waals surface area contributed by atoms with Crippen molar-refractivity contribution in [1.82, 2.24) is 0 Å². The topological polar surface area (TPSA) is 72.8 Å². The first-order valence-corrected chi connectivity index (χ1v) is 8.50. The van der Waals surface area contributed by atoms with Gasteiger partial charge < -0.3 is 14.6 Å². The van der Waals surface area contributed by atoms with Crippen molar-refractivity contribution in [3.63, 3.8) is 0 Å². The molecule has 2 rings (SSSR count). The lowest BCUT2D eigenvalue weighted by Gasteiger charge is -2.19. The average molecular weight is 390 g/mol. The minimum absolute atomic E-state index is 0.0658. The number of fused-ring (bicyclic) bond motifs is 1. The van der Waals surface area contributed by atoms with E-state index in [9.17, 15) is 35.5 Å². The van der Waals surface area contributed by atoms with Crippen LogP contribution in [-0.2, 0) is 21.0 Å². The fraction of sp³-hybridized carbons (Fsp3) is 0.571. The first-order valence-electron chi connectivity index (χ1n) is 7.01. The second kappa shape index (κ2) is 6.36. The van der Waals surface area contributed by atoms with Crippen LogP contribution in [0.2, 0.25) is 0 Å². The molecule has 0 saturated heterocycles. The second-order valence-electron chi connectivity index (χ2n) is 5.63. The maximum absolute atomic E-state index is 13.9. The fourth-order valence-electron chi connectivity index (χ4n) is 2.60. The van der Waals surface area contributed by atoms with E-state index in [0.717, 1.165) is 6.07 Å². The molecule has 1 aromatic carbocycles. The zero-order chi connectivity index (χ0) is 19.2. The maximum Gasteiger partial charge on any atom is 0.501 e. The van der Waals surface area contributed by atoms with Gasteiger partial charge in [0.1, 0.15) is 18.0 Å².